The molecule has 0 saturated heterocycles. The van der Waals surface area contributed by atoms with Crippen molar-refractivity contribution in [1.82, 2.24) is 19.1 Å². The Bertz CT molecular complexity index is 1460. The lowest BCUT2D eigenvalue weighted by Gasteiger charge is -2.36. The number of nitrogens with zero attached hydrogens (tertiary/aromatic N) is 4. The summed E-state index contributed by atoms with van der Waals surface area (Å²) in [5, 5.41) is 4.84. The van der Waals surface area contributed by atoms with Gasteiger partial charge < -0.3 is 10.6 Å². The Morgan fingerprint density at radius 3 is 2.46 bits per heavy atom. The maximum absolute atomic E-state index is 14.0. The van der Waals surface area contributed by atoms with Crippen LogP contribution in [-0.2, 0) is 6.54 Å². The van der Waals surface area contributed by atoms with Crippen molar-refractivity contribution in [3.05, 3.63) is 104 Å². The van der Waals surface area contributed by atoms with Gasteiger partial charge in [0.1, 0.15) is 0 Å². The lowest BCUT2D eigenvalue weighted by Crippen LogP contribution is -2.42. The Morgan fingerprint density at radius 1 is 1.08 bits per heavy atom. The van der Waals surface area contributed by atoms with Gasteiger partial charge in [-0.1, -0.05) is 73.5 Å². The predicted molar refractivity (Wildman–Crippen MR) is 148 cm³/mol. The fourth-order valence-corrected chi connectivity index (χ4v) is 5.02. The van der Waals surface area contributed by atoms with Crippen molar-refractivity contribution in [1.29, 1.82) is 0 Å². The number of aryl methyl sites for hydroxylation is 2. The second-order valence-electron chi connectivity index (χ2n) is 9.82. The highest BCUT2D eigenvalue weighted by Crippen LogP contribution is 2.32. The first kappa shape index (κ1) is 26.6. The minimum Gasteiger partial charge on any atom is -0.330 e. The van der Waals surface area contributed by atoms with Crippen LogP contribution in [0.2, 0.25) is 5.02 Å². The van der Waals surface area contributed by atoms with Gasteiger partial charge in [0.25, 0.3) is 5.91 Å². The molecule has 0 aliphatic carbocycles. The Labute approximate surface area is 222 Å². The second kappa shape index (κ2) is 11.3. The fourth-order valence-electron chi connectivity index (χ4n) is 4.84. The molecule has 0 spiro atoms. The summed E-state index contributed by atoms with van der Waals surface area (Å²) >= 11 is 6.59. The third kappa shape index (κ3) is 5.48. The number of aromatic nitrogens is 3. The van der Waals surface area contributed by atoms with Crippen LogP contribution >= 0.6 is 11.6 Å². The van der Waals surface area contributed by atoms with E-state index in [0.29, 0.717) is 47.9 Å². The van der Waals surface area contributed by atoms with Crippen LogP contribution in [-0.4, -0.2) is 38.1 Å². The monoisotopic (exact) mass is 519 g/mol. The van der Waals surface area contributed by atoms with E-state index in [9.17, 15) is 9.59 Å². The molecule has 7 nitrogen and oxygen atoms in total. The van der Waals surface area contributed by atoms with E-state index in [0.717, 1.165) is 16.8 Å². The Kier molecular flexibility index (Phi) is 8.15. The molecule has 37 heavy (non-hydrogen) atoms. The predicted octanol–water partition coefficient (Wildman–Crippen LogP) is 5.00. The molecule has 8 heteroatoms. The Hall–Kier alpha value is -3.42. The first-order valence-electron chi connectivity index (χ1n) is 12.6. The zero-order valence-electron chi connectivity index (χ0n) is 21.8. The molecule has 4 rings (SSSR count). The summed E-state index contributed by atoms with van der Waals surface area (Å²) in [6.45, 7) is 9.13. The maximum atomic E-state index is 14.0. The number of hydrogen-bond donors (Lipinski definition) is 1. The molecule has 4 aromatic rings. The number of amides is 1. The van der Waals surface area contributed by atoms with Gasteiger partial charge in [0.2, 0.25) is 0 Å². The topological polar surface area (TPSA) is 85.6 Å². The van der Waals surface area contributed by atoms with Crippen LogP contribution in [0.1, 0.15) is 59.2 Å². The first-order chi connectivity index (χ1) is 17.7. The number of carbonyl (C=O) groups excluding carboxylic acids is 1. The summed E-state index contributed by atoms with van der Waals surface area (Å²) in [5.74, 6) is -0.0941. The molecule has 0 radical (unpaired) electrons. The lowest BCUT2D eigenvalue weighted by atomic mass is 9.96. The van der Waals surface area contributed by atoms with Gasteiger partial charge in [0.05, 0.1) is 28.8 Å². The van der Waals surface area contributed by atoms with Gasteiger partial charge in [-0.25, -0.2) is 4.79 Å². The SMILES string of the molecule is Cc1cccc(C(=O)N(CCCN)C(c2cc3c(Cl)c(C)nn3c(=O)n2Cc2ccccc2)C(C)C)c1. The fraction of sp³-hybridized carbons (Fsp3) is 0.345. The number of nitrogens with two attached hydrogens (primary N) is 1. The zero-order chi connectivity index (χ0) is 26.7. The van der Waals surface area contributed by atoms with Gasteiger partial charge in [-0.15, -0.1) is 0 Å². The third-order valence-electron chi connectivity index (χ3n) is 6.61. The molecule has 2 aromatic heterocycles. The van der Waals surface area contributed by atoms with Crippen molar-refractivity contribution in [3.63, 3.8) is 0 Å². The molecule has 0 fully saturated rings. The molecule has 2 heterocycles. The number of benzene rings is 2. The van der Waals surface area contributed by atoms with E-state index in [-0.39, 0.29) is 17.5 Å². The molecule has 2 N–H and O–H groups in total. The van der Waals surface area contributed by atoms with Gasteiger partial charge in [0.15, 0.2) is 0 Å². The number of carbonyl (C=O) groups is 1. The van der Waals surface area contributed by atoms with Crippen LogP contribution in [0.3, 0.4) is 0 Å². The highest BCUT2D eigenvalue weighted by molar-refractivity contribution is 6.34. The average Bonchev–Trinajstić information content (AvgIpc) is 3.17. The summed E-state index contributed by atoms with van der Waals surface area (Å²) in [6, 6.07) is 18.9. The molecule has 0 bridgehead atoms. The van der Waals surface area contributed by atoms with Crippen molar-refractivity contribution in [2.24, 2.45) is 11.7 Å². The Balaban J connectivity index is 1.95. The molecule has 0 aliphatic heterocycles. The van der Waals surface area contributed by atoms with E-state index >= 15 is 0 Å². The van der Waals surface area contributed by atoms with E-state index in [4.69, 9.17) is 17.3 Å². The molecular weight excluding hydrogens is 486 g/mol. The van der Waals surface area contributed by atoms with E-state index < -0.39 is 6.04 Å². The summed E-state index contributed by atoms with van der Waals surface area (Å²) < 4.78 is 3.07. The Morgan fingerprint density at radius 2 is 1.81 bits per heavy atom. The van der Waals surface area contributed by atoms with Crippen molar-refractivity contribution >= 4 is 23.0 Å². The highest BCUT2D eigenvalue weighted by atomic mass is 35.5. The van der Waals surface area contributed by atoms with Gasteiger partial charge in [-0.3, -0.25) is 9.36 Å². The van der Waals surface area contributed by atoms with E-state index in [1.165, 1.54) is 4.52 Å². The third-order valence-corrected chi connectivity index (χ3v) is 7.08. The van der Waals surface area contributed by atoms with E-state index in [1.807, 2.05) is 72.5 Å². The molecule has 1 amide bonds. The van der Waals surface area contributed by atoms with Gasteiger partial charge in [-0.05, 0) is 56.5 Å². The molecule has 1 atom stereocenters. The van der Waals surface area contributed by atoms with Crippen molar-refractivity contribution < 1.29 is 4.79 Å². The standard InChI is InChI=1S/C29H34ClN5O2/c1-19(2)27(33(15-9-14-31)28(36)23-13-8-10-20(3)16-23)25-17-24-26(30)21(4)32-35(24)29(37)34(25)18-22-11-6-5-7-12-22/h5-8,10-13,16-17,19,27H,9,14-15,18,31H2,1-4H3. The van der Waals surface area contributed by atoms with Crippen LogP contribution in [0.25, 0.3) is 5.52 Å². The number of halogens is 1. The van der Waals surface area contributed by atoms with Crippen LogP contribution in [0.4, 0.5) is 0 Å². The quantitative estimate of drug-likeness (QED) is 0.337. The molecule has 1 unspecified atom stereocenters. The second-order valence-corrected chi connectivity index (χ2v) is 10.2. The van der Waals surface area contributed by atoms with Crippen LogP contribution in [0.5, 0.6) is 0 Å². The average molecular weight is 520 g/mol. The summed E-state index contributed by atoms with van der Waals surface area (Å²) in [4.78, 5) is 29.7. The minimum atomic E-state index is -0.396. The minimum absolute atomic E-state index is 0.00167. The maximum Gasteiger partial charge on any atom is 0.349 e. The number of rotatable bonds is 9. The smallest absolute Gasteiger partial charge is 0.330 e. The van der Waals surface area contributed by atoms with Crippen LogP contribution < -0.4 is 11.4 Å². The summed E-state index contributed by atoms with van der Waals surface area (Å²) in [7, 11) is 0. The lowest BCUT2D eigenvalue weighted by molar-refractivity contribution is 0.0609. The molecule has 194 valence electrons. The molecular formula is C29H34ClN5O2. The largest absolute Gasteiger partial charge is 0.349 e. The van der Waals surface area contributed by atoms with Gasteiger partial charge in [-0.2, -0.15) is 9.61 Å². The normalized spacial score (nSPS) is 12.3. The highest BCUT2D eigenvalue weighted by Gasteiger charge is 2.32. The van der Waals surface area contributed by atoms with Crippen molar-refractivity contribution in [3.8, 4) is 0 Å². The van der Waals surface area contributed by atoms with Gasteiger partial charge in [0, 0.05) is 17.8 Å². The number of fused-ring (bicyclic) bond motifs is 1. The number of hydrogen-bond acceptors (Lipinski definition) is 4. The van der Waals surface area contributed by atoms with Crippen LogP contribution in [0.15, 0.2) is 65.5 Å². The first-order valence-corrected chi connectivity index (χ1v) is 13.0. The molecule has 0 saturated carbocycles. The van der Waals surface area contributed by atoms with Crippen molar-refractivity contribution in [2.45, 2.75) is 46.7 Å². The van der Waals surface area contributed by atoms with Crippen LogP contribution in [0, 0.1) is 19.8 Å². The summed E-state index contributed by atoms with van der Waals surface area (Å²) in [6.07, 6.45) is 0.637. The van der Waals surface area contributed by atoms with Gasteiger partial charge >= 0.3 is 5.69 Å². The van der Waals surface area contributed by atoms with E-state index in [2.05, 4.69) is 18.9 Å². The summed E-state index contributed by atoms with van der Waals surface area (Å²) in [5.41, 5.74) is 10.0. The molecule has 2 aromatic carbocycles. The zero-order valence-corrected chi connectivity index (χ0v) is 22.6. The van der Waals surface area contributed by atoms with Crippen molar-refractivity contribution in [2.75, 3.05) is 13.1 Å². The van der Waals surface area contributed by atoms with E-state index in [1.54, 1.807) is 11.5 Å². The molecule has 0 aliphatic rings.